The average Bonchev–Trinajstić information content (AvgIpc) is 2.14. The minimum atomic E-state index is -0.214. The Morgan fingerprint density at radius 3 is 2.81 bits per heavy atom. The molecule has 0 bridgehead atoms. The first-order valence-electron chi connectivity index (χ1n) is 4.54. The summed E-state index contributed by atoms with van der Waals surface area (Å²) >= 11 is 5.73. The highest BCUT2D eigenvalue weighted by atomic mass is 35.5. The van der Waals surface area contributed by atoms with E-state index >= 15 is 0 Å². The molecule has 0 fully saturated rings. The van der Waals surface area contributed by atoms with Crippen LogP contribution in [0.1, 0.15) is 0 Å². The minimum Gasteiger partial charge on any atom is -0.481 e. The van der Waals surface area contributed by atoms with Crippen LogP contribution in [0.25, 0.3) is 0 Å². The summed E-state index contributed by atoms with van der Waals surface area (Å²) in [6, 6.07) is 1.46. The van der Waals surface area contributed by atoms with Crippen molar-refractivity contribution >= 4 is 23.5 Å². The molecule has 1 N–H and O–H groups in total. The first-order chi connectivity index (χ1) is 7.51. The quantitative estimate of drug-likeness (QED) is 0.788. The summed E-state index contributed by atoms with van der Waals surface area (Å²) in [5.74, 6) is 0.227. The van der Waals surface area contributed by atoms with Crippen molar-refractivity contribution in [2.75, 3.05) is 33.1 Å². The Bertz CT molecular complexity index is 384. The zero-order chi connectivity index (χ0) is 12.1. The number of aromatic nitrogens is 2. The second kappa shape index (κ2) is 5.62. The third kappa shape index (κ3) is 4.00. The van der Waals surface area contributed by atoms with Crippen molar-refractivity contribution in [1.29, 1.82) is 0 Å². The predicted octanol–water partition coefficient (Wildman–Crippen LogP) is 0.639. The fraction of sp³-hybridized carbons (Fsp3) is 0.444. The SMILES string of the molecule is COc1cc(Cl)nc(NC(=O)CN(C)C)n1. The Morgan fingerprint density at radius 1 is 1.56 bits per heavy atom. The van der Waals surface area contributed by atoms with E-state index < -0.39 is 0 Å². The number of methoxy groups -OCH3 is 1. The van der Waals surface area contributed by atoms with Crippen LogP contribution in [0.4, 0.5) is 5.95 Å². The summed E-state index contributed by atoms with van der Waals surface area (Å²) < 4.78 is 4.90. The van der Waals surface area contributed by atoms with Crippen LogP contribution in [-0.4, -0.2) is 48.5 Å². The van der Waals surface area contributed by atoms with E-state index in [1.807, 2.05) is 0 Å². The molecule has 6 nitrogen and oxygen atoms in total. The zero-order valence-electron chi connectivity index (χ0n) is 9.32. The number of ether oxygens (including phenoxy) is 1. The molecule has 0 unspecified atom stereocenters. The first kappa shape index (κ1) is 12.7. The van der Waals surface area contributed by atoms with E-state index in [1.165, 1.54) is 13.2 Å². The second-order valence-electron chi connectivity index (χ2n) is 3.34. The number of anilines is 1. The highest BCUT2D eigenvalue weighted by Crippen LogP contribution is 2.15. The topological polar surface area (TPSA) is 67.3 Å². The Kier molecular flexibility index (Phi) is 4.45. The first-order valence-corrected chi connectivity index (χ1v) is 4.92. The van der Waals surface area contributed by atoms with E-state index in [0.717, 1.165) is 0 Å². The third-order valence-electron chi connectivity index (χ3n) is 1.59. The molecular formula is C9H13ClN4O2. The molecule has 7 heteroatoms. The summed E-state index contributed by atoms with van der Waals surface area (Å²) in [5, 5.41) is 2.74. The Labute approximate surface area is 98.6 Å². The van der Waals surface area contributed by atoms with Gasteiger partial charge in [-0.3, -0.25) is 10.1 Å². The van der Waals surface area contributed by atoms with Crippen molar-refractivity contribution in [1.82, 2.24) is 14.9 Å². The molecule has 1 aromatic rings. The molecule has 1 aromatic heterocycles. The maximum Gasteiger partial charge on any atom is 0.240 e. The molecule has 0 aliphatic carbocycles. The average molecular weight is 245 g/mol. The number of nitrogens with zero attached hydrogens (tertiary/aromatic N) is 3. The summed E-state index contributed by atoms with van der Waals surface area (Å²) in [7, 11) is 5.04. The lowest BCUT2D eigenvalue weighted by Crippen LogP contribution is -2.27. The van der Waals surface area contributed by atoms with Crippen LogP contribution in [-0.2, 0) is 4.79 Å². The van der Waals surface area contributed by atoms with Gasteiger partial charge in [0.15, 0.2) is 0 Å². The fourth-order valence-corrected chi connectivity index (χ4v) is 1.18. The fourth-order valence-electron chi connectivity index (χ4n) is 1.01. The van der Waals surface area contributed by atoms with E-state index in [4.69, 9.17) is 16.3 Å². The van der Waals surface area contributed by atoms with Crippen molar-refractivity contribution in [3.63, 3.8) is 0 Å². The van der Waals surface area contributed by atoms with Crippen molar-refractivity contribution in [2.45, 2.75) is 0 Å². The number of rotatable bonds is 4. The molecule has 0 spiro atoms. The molecular weight excluding hydrogens is 232 g/mol. The molecule has 0 aliphatic rings. The van der Waals surface area contributed by atoms with Crippen LogP contribution in [0.2, 0.25) is 5.15 Å². The predicted molar refractivity (Wildman–Crippen MR) is 60.8 cm³/mol. The monoisotopic (exact) mass is 244 g/mol. The van der Waals surface area contributed by atoms with Gasteiger partial charge in [0.25, 0.3) is 0 Å². The van der Waals surface area contributed by atoms with Gasteiger partial charge in [0.1, 0.15) is 5.15 Å². The number of amides is 1. The van der Waals surface area contributed by atoms with Crippen LogP contribution < -0.4 is 10.1 Å². The normalized spacial score (nSPS) is 10.3. The van der Waals surface area contributed by atoms with E-state index in [-0.39, 0.29) is 23.6 Å². The van der Waals surface area contributed by atoms with Gasteiger partial charge in [0.2, 0.25) is 17.7 Å². The molecule has 1 rings (SSSR count). The van der Waals surface area contributed by atoms with E-state index in [9.17, 15) is 4.79 Å². The van der Waals surface area contributed by atoms with Crippen molar-refractivity contribution < 1.29 is 9.53 Å². The largest absolute Gasteiger partial charge is 0.481 e. The number of carbonyl (C=O) groups is 1. The molecule has 0 aliphatic heterocycles. The van der Waals surface area contributed by atoms with Gasteiger partial charge in [-0.25, -0.2) is 4.98 Å². The van der Waals surface area contributed by atoms with Gasteiger partial charge < -0.3 is 9.64 Å². The van der Waals surface area contributed by atoms with Gasteiger partial charge in [0, 0.05) is 6.07 Å². The van der Waals surface area contributed by atoms with Crippen LogP contribution >= 0.6 is 11.6 Å². The molecule has 88 valence electrons. The van der Waals surface area contributed by atoms with Gasteiger partial charge in [-0.15, -0.1) is 0 Å². The van der Waals surface area contributed by atoms with E-state index in [1.54, 1.807) is 19.0 Å². The summed E-state index contributed by atoms with van der Waals surface area (Å²) in [4.78, 5) is 20.9. The second-order valence-corrected chi connectivity index (χ2v) is 3.73. The lowest BCUT2D eigenvalue weighted by atomic mass is 10.5. The lowest BCUT2D eigenvalue weighted by molar-refractivity contribution is -0.116. The number of hydrogen-bond donors (Lipinski definition) is 1. The minimum absolute atomic E-state index is 0.135. The van der Waals surface area contributed by atoms with Crippen LogP contribution in [0.3, 0.4) is 0 Å². The van der Waals surface area contributed by atoms with Gasteiger partial charge in [-0.05, 0) is 14.1 Å². The van der Waals surface area contributed by atoms with E-state index in [2.05, 4.69) is 15.3 Å². The number of halogens is 1. The maximum atomic E-state index is 11.4. The molecule has 0 saturated carbocycles. The summed E-state index contributed by atoms with van der Waals surface area (Å²) in [5.41, 5.74) is 0. The Morgan fingerprint density at radius 2 is 2.25 bits per heavy atom. The summed E-state index contributed by atoms with van der Waals surface area (Å²) in [6.45, 7) is 0.248. The number of hydrogen-bond acceptors (Lipinski definition) is 5. The molecule has 1 amide bonds. The van der Waals surface area contributed by atoms with Crippen molar-refractivity contribution in [3.05, 3.63) is 11.2 Å². The van der Waals surface area contributed by atoms with Gasteiger partial charge in [-0.2, -0.15) is 4.98 Å². The molecule has 0 radical (unpaired) electrons. The number of carbonyl (C=O) groups excluding carboxylic acids is 1. The van der Waals surface area contributed by atoms with Crippen LogP contribution in [0, 0.1) is 0 Å². The van der Waals surface area contributed by atoms with Crippen molar-refractivity contribution in [2.24, 2.45) is 0 Å². The molecule has 0 saturated heterocycles. The zero-order valence-corrected chi connectivity index (χ0v) is 10.1. The molecule has 16 heavy (non-hydrogen) atoms. The standard InChI is InChI=1S/C9H13ClN4O2/c1-14(2)5-7(15)12-9-11-6(10)4-8(13-9)16-3/h4H,5H2,1-3H3,(H,11,12,13,15). The number of likely N-dealkylation sites (N-methyl/N-ethyl adjacent to an activating group) is 1. The van der Waals surface area contributed by atoms with Gasteiger partial charge in [0.05, 0.1) is 13.7 Å². The smallest absolute Gasteiger partial charge is 0.240 e. The van der Waals surface area contributed by atoms with Crippen LogP contribution in [0.15, 0.2) is 6.07 Å². The van der Waals surface area contributed by atoms with E-state index in [0.29, 0.717) is 5.88 Å². The molecule has 0 aromatic carbocycles. The Balaban J connectivity index is 2.73. The maximum absolute atomic E-state index is 11.4. The van der Waals surface area contributed by atoms with Crippen LogP contribution in [0.5, 0.6) is 5.88 Å². The number of nitrogens with one attached hydrogen (secondary N) is 1. The highest BCUT2D eigenvalue weighted by Gasteiger charge is 2.08. The Hall–Kier alpha value is -1.40. The molecule has 0 atom stereocenters. The third-order valence-corrected chi connectivity index (χ3v) is 1.79. The summed E-state index contributed by atoms with van der Waals surface area (Å²) in [6.07, 6.45) is 0. The van der Waals surface area contributed by atoms with Crippen molar-refractivity contribution in [3.8, 4) is 5.88 Å². The van der Waals surface area contributed by atoms with Gasteiger partial charge in [-0.1, -0.05) is 11.6 Å². The highest BCUT2D eigenvalue weighted by molar-refractivity contribution is 6.29. The lowest BCUT2D eigenvalue weighted by Gasteiger charge is -2.09. The van der Waals surface area contributed by atoms with Gasteiger partial charge >= 0.3 is 0 Å². The molecule has 1 heterocycles.